The van der Waals surface area contributed by atoms with Crippen LogP contribution in [0.4, 0.5) is 0 Å². The fourth-order valence-electron chi connectivity index (χ4n) is 2.26. The highest BCUT2D eigenvalue weighted by Gasteiger charge is 2.23. The zero-order chi connectivity index (χ0) is 14.4. The summed E-state index contributed by atoms with van der Waals surface area (Å²) in [5.41, 5.74) is 1.04. The molecule has 1 N–H and O–H groups in total. The highest BCUT2D eigenvalue weighted by atomic mass is 32.2. The molecule has 0 aromatic heterocycles. The second kappa shape index (κ2) is 6.78. The molecule has 0 atom stereocenters. The SMILES string of the molecule is C#CCOc1ccccc1CNC1CCS(=O)(=O)CC1. The third-order valence-electron chi connectivity index (χ3n) is 3.42. The molecule has 20 heavy (non-hydrogen) atoms. The minimum absolute atomic E-state index is 0.249. The highest BCUT2D eigenvalue weighted by molar-refractivity contribution is 7.91. The summed E-state index contributed by atoms with van der Waals surface area (Å²) in [5, 5.41) is 3.40. The van der Waals surface area contributed by atoms with Crippen molar-refractivity contribution in [3.05, 3.63) is 29.8 Å². The first-order chi connectivity index (χ1) is 9.61. The Bertz CT molecular complexity index is 575. The maximum atomic E-state index is 11.4. The Morgan fingerprint density at radius 3 is 2.70 bits per heavy atom. The minimum Gasteiger partial charge on any atom is -0.481 e. The molecule has 108 valence electrons. The van der Waals surface area contributed by atoms with Crippen LogP contribution in [0.1, 0.15) is 18.4 Å². The van der Waals surface area contributed by atoms with Crippen molar-refractivity contribution < 1.29 is 13.2 Å². The van der Waals surface area contributed by atoms with Crippen LogP contribution in [-0.4, -0.2) is 32.6 Å². The fourth-order valence-corrected chi connectivity index (χ4v) is 3.75. The van der Waals surface area contributed by atoms with Crippen molar-refractivity contribution in [2.24, 2.45) is 0 Å². The van der Waals surface area contributed by atoms with Gasteiger partial charge in [-0.05, 0) is 18.9 Å². The van der Waals surface area contributed by atoms with E-state index in [0.29, 0.717) is 19.4 Å². The molecule has 1 fully saturated rings. The van der Waals surface area contributed by atoms with E-state index in [0.717, 1.165) is 11.3 Å². The fraction of sp³-hybridized carbons (Fsp3) is 0.467. The van der Waals surface area contributed by atoms with Gasteiger partial charge < -0.3 is 10.1 Å². The molecular formula is C15H19NO3S. The molecule has 0 radical (unpaired) electrons. The molecular weight excluding hydrogens is 274 g/mol. The van der Waals surface area contributed by atoms with Crippen molar-refractivity contribution in [1.82, 2.24) is 5.32 Å². The van der Waals surface area contributed by atoms with Gasteiger partial charge in [-0.2, -0.15) is 0 Å². The molecule has 1 aliphatic rings. The van der Waals surface area contributed by atoms with Gasteiger partial charge in [0.1, 0.15) is 22.2 Å². The van der Waals surface area contributed by atoms with Crippen LogP contribution in [0.5, 0.6) is 5.75 Å². The Morgan fingerprint density at radius 2 is 2.00 bits per heavy atom. The molecule has 0 bridgehead atoms. The van der Waals surface area contributed by atoms with Gasteiger partial charge in [-0.25, -0.2) is 8.42 Å². The number of para-hydroxylation sites is 1. The molecule has 1 aromatic carbocycles. The first-order valence-corrected chi connectivity index (χ1v) is 8.51. The number of rotatable bonds is 5. The normalized spacial score (nSPS) is 18.4. The molecule has 0 saturated carbocycles. The largest absolute Gasteiger partial charge is 0.481 e. The van der Waals surface area contributed by atoms with E-state index in [-0.39, 0.29) is 24.2 Å². The molecule has 4 nitrogen and oxygen atoms in total. The third-order valence-corrected chi connectivity index (χ3v) is 5.13. The number of ether oxygens (including phenoxy) is 1. The second-order valence-corrected chi connectivity index (χ2v) is 7.21. The van der Waals surface area contributed by atoms with Crippen molar-refractivity contribution in [1.29, 1.82) is 0 Å². The van der Waals surface area contributed by atoms with Crippen LogP contribution >= 0.6 is 0 Å². The molecule has 0 spiro atoms. The summed E-state index contributed by atoms with van der Waals surface area (Å²) in [6.07, 6.45) is 6.55. The van der Waals surface area contributed by atoms with Crippen LogP contribution < -0.4 is 10.1 Å². The zero-order valence-corrected chi connectivity index (χ0v) is 12.2. The van der Waals surface area contributed by atoms with Gasteiger partial charge in [0.2, 0.25) is 0 Å². The summed E-state index contributed by atoms with van der Waals surface area (Å²) in [7, 11) is -2.81. The van der Waals surface area contributed by atoms with E-state index >= 15 is 0 Å². The van der Waals surface area contributed by atoms with Crippen molar-refractivity contribution in [3.8, 4) is 18.1 Å². The average molecular weight is 293 g/mol. The van der Waals surface area contributed by atoms with Gasteiger partial charge >= 0.3 is 0 Å². The van der Waals surface area contributed by atoms with Gasteiger partial charge in [0.15, 0.2) is 0 Å². The Morgan fingerprint density at radius 1 is 1.30 bits per heavy atom. The van der Waals surface area contributed by atoms with Crippen molar-refractivity contribution in [3.63, 3.8) is 0 Å². The predicted molar refractivity (Wildman–Crippen MR) is 79.3 cm³/mol. The number of hydrogen-bond acceptors (Lipinski definition) is 4. The zero-order valence-electron chi connectivity index (χ0n) is 11.3. The van der Waals surface area contributed by atoms with Crippen molar-refractivity contribution >= 4 is 9.84 Å². The van der Waals surface area contributed by atoms with Gasteiger partial charge in [-0.15, -0.1) is 6.42 Å². The van der Waals surface area contributed by atoms with Crippen molar-refractivity contribution in [2.75, 3.05) is 18.1 Å². The van der Waals surface area contributed by atoms with Crippen LogP contribution in [-0.2, 0) is 16.4 Å². The Labute approximate surface area is 120 Å². The van der Waals surface area contributed by atoms with E-state index in [9.17, 15) is 8.42 Å². The van der Waals surface area contributed by atoms with Crippen LogP contribution in [0.25, 0.3) is 0 Å². The van der Waals surface area contributed by atoms with Gasteiger partial charge in [0.25, 0.3) is 0 Å². The van der Waals surface area contributed by atoms with Crippen LogP contribution in [0, 0.1) is 12.3 Å². The summed E-state index contributed by atoms with van der Waals surface area (Å²) in [4.78, 5) is 0. The van der Waals surface area contributed by atoms with E-state index in [2.05, 4.69) is 11.2 Å². The number of nitrogens with one attached hydrogen (secondary N) is 1. The first kappa shape index (κ1) is 14.9. The lowest BCUT2D eigenvalue weighted by atomic mass is 10.1. The van der Waals surface area contributed by atoms with Crippen LogP contribution in [0.2, 0.25) is 0 Å². The molecule has 2 rings (SSSR count). The maximum Gasteiger partial charge on any atom is 0.150 e. The number of hydrogen-bond donors (Lipinski definition) is 1. The summed E-state index contributed by atoms with van der Waals surface area (Å²) >= 11 is 0. The predicted octanol–water partition coefficient (Wildman–Crippen LogP) is 1.37. The van der Waals surface area contributed by atoms with Crippen molar-refractivity contribution in [2.45, 2.75) is 25.4 Å². The number of sulfone groups is 1. The molecule has 0 amide bonds. The summed E-state index contributed by atoms with van der Waals surface area (Å²) in [6, 6.07) is 7.98. The Hall–Kier alpha value is -1.51. The lowest BCUT2D eigenvalue weighted by Gasteiger charge is -2.23. The summed E-state index contributed by atoms with van der Waals surface area (Å²) < 4.78 is 28.2. The third kappa shape index (κ3) is 4.26. The molecule has 0 unspecified atom stereocenters. The Balaban J connectivity index is 1.90. The Kier molecular flexibility index (Phi) is 5.05. The average Bonchev–Trinajstić information content (AvgIpc) is 2.45. The molecule has 0 aliphatic carbocycles. The van der Waals surface area contributed by atoms with Gasteiger partial charge in [0.05, 0.1) is 11.5 Å². The van der Waals surface area contributed by atoms with Gasteiger partial charge in [-0.3, -0.25) is 0 Å². The number of terminal acetylenes is 1. The van der Waals surface area contributed by atoms with E-state index in [4.69, 9.17) is 11.2 Å². The van der Waals surface area contributed by atoms with Crippen LogP contribution in [0.3, 0.4) is 0 Å². The van der Waals surface area contributed by atoms with Gasteiger partial charge in [0, 0.05) is 18.2 Å². The molecule has 1 saturated heterocycles. The van der Waals surface area contributed by atoms with E-state index < -0.39 is 9.84 Å². The quantitative estimate of drug-likeness (QED) is 0.833. The summed E-state index contributed by atoms with van der Waals surface area (Å²) in [6.45, 7) is 0.907. The van der Waals surface area contributed by atoms with E-state index in [1.165, 1.54) is 0 Å². The summed E-state index contributed by atoms with van der Waals surface area (Å²) in [5.74, 6) is 3.78. The monoisotopic (exact) mass is 293 g/mol. The topological polar surface area (TPSA) is 55.4 Å². The van der Waals surface area contributed by atoms with Crippen LogP contribution in [0.15, 0.2) is 24.3 Å². The molecule has 1 aliphatic heterocycles. The van der Waals surface area contributed by atoms with Gasteiger partial charge in [-0.1, -0.05) is 24.1 Å². The smallest absolute Gasteiger partial charge is 0.150 e. The minimum atomic E-state index is -2.81. The molecule has 1 heterocycles. The second-order valence-electron chi connectivity index (χ2n) is 4.91. The molecule has 5 heteroatoms. The number of benzene rings is 1. The maximum absolute atomic E-state index is 11.4. The van der Waals surface area contributed by atoms with E-state index in [1.807, 2.05) is 24.3 Å². The lowest BCUT2D eigenvalue weighted by molar-refractivity contribution is 0.362. The lowest BCUT2D eigenvalue weighted by Crippen LogP contribution is -2.37. The molecule has 1 aromatic rings. The highest BCUT2D eigenvalue weighted by Crippen LogP contribution is 2.19. The first-order valence-electron chi connectivity index (χ1n) is 6.69. The van der Waals surface area contributed by atoms with E-state index in [1.54, 1.807) is 0 Å². The standard InChI is InChI=1S/C15H19NO3S/c1-2-9-19-15-6-4-3-5-13(15)12-16-14-7-10-20(17,18)11-8-14/h1,3-6,14,16H,7-12H2.